The third-order valence-electron chi connectivity index (χ3n) is 4.90. The third-order valence-corrected chi connectivity index (χ3v) is 4.90. The molecule has 0 bridgehead atoms. The lowest BCUT2D eigenvalue weighted by atomic mass is 9.79. The number of nitrogens with one attached hydrogen (secondary N) is 1. The fraction of sp³-hybridized carbons (Fsp3) is 0.625. The Morgan fingerprint density at radius 1 is 1.38 bits per heavy atom. The SMILES string of the molecule is CCn1cc(C(=O)NC2CC(c3nnc(CO)n3C3CC3)C2)cn1. The molecule has 0 radical (unpaired) electrons. The molecule has 4 rings (SSSR count). The molecular formula is C16H22N6O2. The van der Waals surface area contributed by atoms with Crippen LogP contribution in [0.2, 0.25) is 0 Å². The molecule has 2 aromatic heterocycles. The van der Waals surface area contributed by atoms with Gasteiger partial charge >= 0.3 is 0 Å². The molecule has 0 unspecified atom stereocenters. The van der Waals surface area contributed by atoms with Crippen LogP contribution in [0.25, 0.3) is 0 Å². The molecule has 0 aromatic carbocycles. The molecular weight excluding hydrogens is 308 g/mol. The van der Waals surface area contributed by atoms with Gasteiger partial charge in [-0.05, 0) is 32.6 Å². The maximum atomic E-state index is 12.2. The Bertz CT molecular complexity index is 742. The topological polar surface area (TPSA) is 97.9 Å². The van der Waals surface area contributed by atoms with Crippen LogP contribution in [-0.2, 0) is 13.2 Å². The van der Waals surface area contributed by atoms with Crippen molar-refractivity contribution in [1.29, 1.82) is 0 Å². The normalized spacial score (nSPS) is 23.1. The fourth-order valence-corrected chi connectivity index (χ4v) is 3.32. The van der Waals surface area contributed by atoms with Gasteiger partial charge in [-0.3, -0.25) is 9.48 Å². The number of aliphatic hydroxyl groups excluding tert-OH is 1. The summed E-state index contributed by atoms with van der Waals surface area (Å²) in [7, 11) is 0. The van der Waals surface area contributed by atoms with E-state index in [9.17, 15) is 9.90 Å². The Labute approximate surface area is 139 Å². The predicted octanol–water partition coefficient (Wildman–Crippen LogP) is 0.998. The van der Waals surface area contributed by atoms with Gasteiger partial charge in [-0.25, -0.2) is 0 Å². The summed E-state index contributed by atoms with van der Waals surface area (Å²) in [4.78, 5) is 12.2. The first-order valence-corrected chi connectivity index (χ1v) is 8.57. The number of carbonyl (C=O) groups excluding carboxylic acids is 1. The van der Waals surface area contributed by atoms with Gasteiger partial charge in [-0.15, -0.1) is 10.2 Å². The predicted molar refractivity (Wildman–Crippen MR) is 85.3 cm³/mol. The lowest BCUT2D eigenvalue weighted by Crippen LogP contribution is -2.44. The van der Waals surface area contributed by atoms with Gasteiger partial charge in [0.1, 0.15) is 12.4 Å². The second kappa shape index (κ2) is 6.01. The Kier molecular flexibility index (Phi) is 3.84. The highest BCUT2D eigenvalue weighted by Crippen LogP contribution is 2.42. The number of hydrogen-bond donors (Lipinski definition) is 2. The van der Waals surface area contributed by atoms with Gasteiger partial charge in [0, 0.05) is 30.7 Å². The molecule has 2 fully saturated rings. The van der Waals surface area contributed by atoms with Crippen LogP contribution in [0.4, 0.5) is 0 Å². The van der Waals surface area contributed by atoms with Crippen molar-refractivity contribution in [1.82, 2.24) is 29.9 Å². The highest BCUT2D eigenvalue weighted by Gasteiger charge is 2.38. The van der Waals surface area contributed by atoms with Crippen LogP contribution < -0.4 is 5.32 Å². The zero-order chi connectivity index (χ0) is 16.7. The number of nitrogens with zero attached hydrogens (tertiary/aromatic N) is 5. The van der Waals surface area contributed by atoms with E-state index in [4.69, 9.17) is 0 Å². The number of aryl methyl sites for hydroxylation is 1. The minimum Gasteiger partial charge on any atom is -0.388 e. The zero-order valence-corrected chi connectivity index (χ0v) is 13.7. The number of rotatable bonds is 6. The second-order valence-corrected chi connectivity index (χ2v) is 6.66. The van der Waals surface area contributed by atoms with Crippen LogP contribution >= 0.6 is 0 Å². The molecule has 0 spiro atoms. The first-order chi connectivity index (χ1) is 11.7. The summed E-state index contributed by atoms with van der Waals surface area (Å²) in [6, 6.07) is 0.611. The first kappa shape index (κ1) is 15.3. The van der Waals surface area contributed by atoms with Crippen molar-refractivity contribution in [3.05, 3.63) is 29.6 Å². The van der Waals surface area contributed by atoms with Crippen molar-refractivity contribution < 1.29 is 9.90 Å². The molecule has 2 aromatic rings. The van der Waals surface area contributed by atoms with E-state index in [0.29, 0.717) is 23.3 Å². The van der Waals surface area contributed by atoms with E-state index in [-0.39, 0.29) is 18.6 Å². The van der Waals surface area contributed by atoms with Gasteiger partial charge in [-0.1, -0.05) is 0 Å². The van der Waals surface area contributed by atoms with E-state index in [2.05, 4.69) is 25.2 Å². The van der Waals surface area contributed by atoms with E-state index < -0.39 is 0 Å². The zero-order valence-electron chi connectivity index (χ0n) is 13.7. The smallest absolute Gasteiger partial charge is 0.254 e. The van der Waals surface area contributed by atoms with E-state index in [0.717, 1.165) is 38.1 Å². The number of aliphatic hydroxyl groups is 1. The first-order valence-electron chi connectivity index (χ1n) is 8.57. The highest BCUT2D eigenvalue weighted by molar-refractivity contribution is 5.93. The molecule has 2 saturated carbocycles. The number of carbonyl (C=O) groups is 1. The molecule has 0 saturated heterocycles. The molecule has 8 nitrogen and oxygen atoms in total. The minimum absolute atomic E-state index is 0.0714. The minimum atomic E-state index is -0.0716. The molecule has 0 atom stereocenters. The monoisotopic (exact) mass is 330 g/mol. The molecule has 2 aliphatic rings. The van der Waals surface area contributed by atoms with Crippen LogP contribution in [0, 0.1) is 0 Å². The largest absolute Gasteiger partial charge is 0.388 e. The summed E-state index contributed by atoms with van der Waals surface area (Å²) in [5.74, 6) is 1.86. The lowest BCUT2D eigenvalue weighted by Gasteiger charge is -2.35. The van der Waals surface area contributed by atoms with Crippen molar-refractivity contribution >= 4 is 5.91 Å². The average Bonchev–Trinajstić information content (AvgIpc) is 3.12. The van der Waals surface area contributed by atoms with E-state index in [1.54, 1.807) is 17.1 Å². The summed E-state index contributed by atoms with van der Waals surface area (Å²) in [5, 5.41) is 25.0. The molecule has 128 valence electrons. The Balaban J connectivity index is 1.37. The Morgan fingerprint density at radius 2 is 2.17 bits per heavy atom. The van der Waals surface area contributed by atoms with Crippen molar-refractivity contribution in [2.45, 2.75) is 63.8 Å². The Morgan fingerprint density at radius 3 is 2.79 bits per heavy atom. The van der Waals surface area contributed by atoms with Gasteiger partial charge in [0.25, 0.3) is 5.91 Å². The summed E-state index contributed by atoms with van der Waals surface area (Å²) < 4.78 is 3.85. The summed E-state index contributed by atoms with van der Waals surface area (Å²) in [6.45, 7) is 2.67. The maximum Gasteiger partial charge on any atom is 0.254 e. The summed E-state index contributed by atoms with van der Waals surface area (Å²) in [6.07, 6.45) is 7.36. The number of amides is 1. The van der Waals surface area contributed by atoms with Gasteiger partial charge < -0.3 is 15.0 Å². The van der Waals surface area contributed by atoms with Crippen LogP contribution in [0.1, 0.15) is 66.6 Å². The van der Waals surface area contributed by atoms with Crippen LogP contribution in [0.3, 0.4) is 0 Å². The molecule has 0 aliphatic heterocycles. The van der Waals surface area contributed by atoms with Crippen molar-refractivity contribution in [2.75, 3.05) is 0 Å². The molecule has 1 amide bonds. The summed E-state index contributed by atoms with van der Waals surface area (Å²) >= 11 is 0. The van der Waals surface area contributed by atoms with E-state index in [1.165, 1.54) is 0 Å². The number of hydrogen-bond acceptors (Lipinski definition) is 5. The van der Waals surface area contributed by atoms with E-state index in [1.807, 2.05) is 6.92 Å². The van der Waals surface area contributed by atoms with Crippen molar-refractivity contribution in [3.63, 3.8) is 0 Å². The molecule has 2 N–H and O–H groups in total. The second-order valence-electron chi connectivity index (χ2n) is 6.66. The summed E-state index contributed by atoms with van der Waals surface area (Å²) in [5.41, 5.74) is 0.601. The average molecular weight is 330 g/mol. The Hall–Kier alpha value is -2.22. The van der Waals surface area contributed by atoms with Gasteiger partial charge in [-0.2, -0.15) is 5.10 Å². The third kappa shape index (κ3) is 2.71. The highest BCUT2D eigenvalue weighted by atomic mass is 16.3. The quantitative estimate of drug-likeness (QED) is 0.823. The standard InChI is InChI=1S/C16H22N6O2/c1-2-21-8-11(7-17-21)16(24)18-12-5-10(6-12)15-20-19-14(9-23)22(15)13-3-4-13/h7-8,10,12-13,23H,2-6,9H2,1H3,(H,18,24). The van der Waals surface area contributed by atoms with Gasteiger partial charge in [0.2, 0.25) is 0 Å². The van der Waals surface area contributed by atoms with E-state index >= 15 is 0 Å². The molecule has 8 heteroatoms. The van der Waals surface area contributed by atoms with Gasteiger partial charge in [0.15, 0.2) is 5.82 Å². The number of aromatic nitrogens is 5. The molecule has 2 heterocycles. The van der Waals surface area contributed by atoms with Crippen molar-refractivity contribution in [2.24, 2.45) is 0 Å². The van der Waals surface area contributed by atoms with Crippen LogP contribution in [-0.4, -0.2) is 41.6 Å². The fourth-order valence-electron chi connectivity index (χ4n) is 3.32. The van der Waals surface area contributed by atoms with Crippen molar-refractivity contribution in [3.8, 4) is 0 Å². The molecule has 2 aliphatic carbocycles. The maximum absolute atomic E-state index is 12.2. The van der Waals surface area contributed by atoms with Crippen LogP contribution in [0.15, 0.2) is 12.4 Å². The van der Waals surface area contributed by atoms with Crippen LogP contribution in [0.5, 0.6) is 0 Å². The van der Waals surface area contributed by atoms with Gasteiger partial charge in [0.05, 0.1) is 11.8 Å². The molecule has 24 heavy (non-hydrogen) atoms. The lowest BCUT2D eigenvalue weighted by molar-refractivity contribution is 0.0906.